The first-order chi connectivity index (χ1) is 27.8. The monoisotopic (exact) mass is 793 g/mol. The van der Waals surface area contributed by atoms with Gasteiger partial charge in [0, 0.05) is 19.8 Å². The Kier molecular flexibility index (Phi) is 59.1. The lowest BCUT2D eigenvalue weighted by Gasteiger charge is -2.13. The Hall–Kier alpha value is -0.0800. The van der Waals surface area contributed by atoms with Gasteiger partial charge in [0.15, 0.2) is 0 Å². The van der Waals surface area contributed by atoms with Crippen LogP contribution in [-0.2, 0) is 4.74 Å². The molecule has 0 rings (SSSR count). The fourth-order valence-electron chi connectivity index (χ4n) is 8.36. The molecule has 0 bridgehead atoms. The molecular formula is C54H112O2. The van der Waals surface area contributed by atoms with E-state index in [-0.39, 0.29) is 0 Å². The zero-order chi connectivity index (χ0) is 40.9. The van der Waals surface area contributed by atoms with Gasteiger partial charge in [-0.2, -0.15) is 0 Å². The summed E-state index contributed by atoms with van der Waals surface area (Å²) in [5.41, 5.74) is 0. The van der Waals surface area contributed by atoms with Crippen molar-refractivity contribution in [1.82, 2.24) is 0 Å². The van der Waals surface area contributed by atoms with E-state index in [1.54, 1.807) is 0 Å². The van der Waals surface area contributed by atoms with E-state index in [0.717, 1.165) is 13.2 Å². The van der Waals surface area contributed by atoms with Gasteiger partial charge in [0.1, 0.15) is 0 Å². The molecule has 2 heteroatoms. The average Bonchev–Trinajstić information content (AvgIpc) is 3.21. The Morgan fingerprint density at radius 3 is 0.625 bits per heavy atom. The number of aliphatic hydroxyl groups excluding tert-OH is 1. The summed E-state index contributed by atoms with van der Waals surface area (Å²) in [6.45, 7) is 11.6. The minimum atomic E-state index is 0.408. The molecule has 1 unspecified atom stereocenters. The number of ether oxygens (including phenoxy) is 1. The number of hydrogen-bond donors (Lipinski definition) is 1. The van der Waals surface area contributed by atoms with Gasteiger partial charge >= 0.3 is 0 Å². The highest BCUT2D eigenvalue weighted by Crippen LogP contribution is 2.20. The molecule has 0 fully saturated rings. The largest absolute Gasteiger partial charge is 0.396 e. The predicted molar refractivity (Wildman–Crippen MR) is 256 cm³/mol. The Balaban J connectivity index is 0. The molecule has 1 atom stereocenters. The van der Waals surface area contributed by atoms with E-state index in [0.29, 0.717) is 12.5 Å². The van der Waals surface area contributed by atoms with Crippen LogP contribution < -0.4 is 0 Å². The van der Waals surface area contributed by atoms with E-state index >= 15 is 0 Å². The summed E-state index contributed by atoms with van der Waals surface area (Å²) in [7, 11) is 0. The van der Waals surface area contributed by atoms with Crippen LogP contribution in [0.5, 0.6) is 0 Å². The van der Waals surface area contributed by atoms with Crippen LogP contribution in [0.4, 0.5) is 0 Å². The molecule has 0 aliphatic heterocycles. The topological polar surface area (TPSA) is 29.5 Å². The lowest BCUT2D eigenvalue weighted by atomic mass is 9.95. The molecule has 1 N–H and O–H groups in total. The smallest absolute Gasteiger partial charge is 0.0466 e. The highest BCUT2D eigenvalue weighted by atomic mass is 16.5. The molecule has 0 saturated heterocycles. The van der Waals surface area contributed by atoms with Gasteiger partial charge in [0.25, 0.3) is 0 Å². The van der Waals surface area contributed by atoms with Crippen molar-refractivity contribution >= 4 is 0 Å². The van der Waals surface area contributed by atoms with Crippen LogP contribution in [0.25, 0.3) is 0 Å². The molecule has 0 aromatic carbocycles. The van der Waals surface area contributed by atoms with Gasteiger partial charge in [-0.15, -0.1) is 0 Å². The van der Waals surface area contributed by atoms with Gasteiger partial charge < -0.3 is 9.84 Å². The van der Waals surface area contributed by atoms with Crippen molar-refractivity contribution in [2.75, 3.05) is 19.8 Å². The molecule has 0 saturated carbocycles. The maximum Gasteiger partial charge on any atom is 0.0466 e. The van der Waals surface area contributed by atoms with Gasteiger partial charge in [-0.3, -0.25) is 0 Å². The van der Waals surface area contributed by atoms with E-state index in [2.05, 4.69) is 27.7 Å². The fourth-order valence-corrected chi connectivity index (χ4v) is 8.36. The summed E-state index contributed by atoms with van der Waals surface area (Å²) >= 11 is 0. The van der Waals surface area contributed by atoms with Crippen LogP contribution in [-0.4, -0.2) is 24.9 Å². The van der Waals surface area contributed by atoms with E-state index in [1.165, 1.54) is 295 Å². The molecule has 0 aromatic rings. The Morgan fingerprint density at radius 2 is 0.429 bits per heavy atom. The maximum absolute atomic E-state index is 9.47. The SMILES string of the molecule is CCCCCCCCCCC(CO)CCCCCCCC.CCCCCCCCCCCCCCCCCCOCCCCCCCCCCCCCCCC. The van der Waals surface area contributed by atoms with Crippen molar-refractivity contribution in [1.29, 1.82) is 0 Å². The summed E-state index contributed by atoms with van der Waals surface area (Å²) in [6.07, 6.45) is 64.9. The second-order valence-corrected chi connectivity index (χ2v) is 18.4. The average molecular weight is 793 g/mol. The fraction of sp³-hybridized carbons (Fsp3) is 1.00. The number of hydrogen-bond acceptors (Lipinski definition) is 2. The molecule has 0 radical (unpaired) electrons. The zero-order valence-electron chi connectivity index (χ0n) is 40.1. The number of aliphatic hydroxyl groups is 1. The molecule has 0 amide bonds. The van der Waals surface area contributed by atoms with E-state index in [1.807, 2.05) is 0 Å². The third-order valence-corrected chi connectivity index (χ3v) is 12.5. The summed E-state index contributed by atoms with van der Waals surface area (Å²) in [5, 5.41) is 9.47. The van der Waals surface area contributed by atoms with Crippen LogP contribution in [0, 0.1) is 5.92 Å². The van der Waals surface area contributed by atoms with E-state index < -0.39 is 0 Å². The van der Waals surface area contributed by atoms with Crippen LogP contribution in [0.3, 0.4) is 0 Å². The van der Waals surface area contributed by atoms with Gasteiger partial charge in [0.2, 0.25) is 0 Å². The summed E-state index contributed by atoms with van der Waals surface area (Å²) in [4.78, 5) is 0. The second kappa shape index (κ2) is 57.0. The first-order valence-electron chi connectivity index (χ1n) is 26.9. The standard InChI is InChI=1S/C34H70O.C20H42O/c1-3-5-7-9-11-13-15-17-19-20-22-24-26-28-30-32-34-35-33-31-29-27-25-23-21-18-16-14-12-10-8-6-4-2;1-3-5-7-9-11-12-14-16-18-20(19-21)17-15-13-10-8-6-4-2/h3-34H2,1-2H3;20-21H,3-19H2,1-2H3. The van der Waals surface area contributed by atoms with Crippen molar-refractivity contribution in [2.45, 2.75) is 323 Å². The summed E-state index contributed by atoms with van der Waals surface area (Å²) in [6, 6.07) is 0. The first kappa shape index (κ1) is 58.0. The Morgan fingerprint density at radius 1 is 0.250 bits per heavy atom. The highest BCUT2D eigenvalue weighted by molar-refractivity contribution is 4.60. The molecule has 0 spiro atoms. The predicted octanol–water partition coefficient (Wildman–Crippen LogP) is 19.6. The van der Waals surface area contributed by atoms with Crippen LogP contribution >= 0.6 is 0 Å². The highest BCUT2D eigenvalue weighted by Gasteiger charge is 2.07. The first-order valence-corrected chi connectivity index (χ1v) is 26.9. The van der Waals surface area contributed by atoms with Crippen LogP contribution in [0.1, 0.15) is 323 Å². The summed E-state index contributed by atoms with van der Waals surface area (Å²) < 4.78 is 5.86. The quantitative estimate of drug-likeness (QED) is 0.0622. The Labute approximate surface area is 357 Å². The van der Waals surface area contributed by atoms with E-state index in [4.69, 9.17) is 4.74 Å². The third kappa shape index (κ3) is 56.0. The number of rotatable bonds is 49. The molecule has 0 aliphatic rings. The van der Waals surface area contributed by atoms with E-state index in [9.17, 15) is 5.11 Å². The molecule has 340 valence electrons. The third-order valence-electron chi connectivity index (χ3n) is 12.5. The lowest BCUT2D eigenvalue weighted by molar-refractivity contribution is 0.125. The van der Waals surface area contributed by atoms with Crippen LogP contribution in [0.15, 0.2) is 0 Å². The lowest BCUT2D eigenvalue weighted by Crippen LogP contribution is -2.06. The summed E-state index contributed by atoms with van der Waals surface area (Å²) in [5.74, 6) is 0.580. The van der Waals surface area contributed by atoms with Crippen molar-refractivity contribution in [2.24, 2.45) is 5.92 Å². The molecule has 56 heavy (non-hydrogen) atoms. The molecule has 0 heterocycles. The Bertz CT molecular complexity index is 588. The molecule has 2 nitrogen and oxygen atoms in total. The van der Waals surface area contributed by atoms with Gasteiger partial charge in [-0.25, -0.2) is 0 Å². The molecular weight excluding hydrogens is 681 g/mol. The van der Waals surface area contributed by atoms with Gasteiger partial charge in [-0.05, 0) is 31.6 Å². The number of unbranched alkanes of at least 4 members (excludes halogenated alkanes) is 40. The van der Waals surface area contributed by atoms with Crippen molar-refractivity contribution in [3.8, 4) is 0 Å². The molecule has 0 aliphatic carbocycles. The second-order valence-electron chi connectivity index (χ2n) is 18.4. The van der Waals surface area contributed by atoms with Crippen molar-refractivity contribution in [3.63, 3.8) is 0 Å². The molecule has 0 aromatic heterocycles. The van der Waals surface area contributed by atoms with Crippen molar-refractivity contribution < 1.29 is 9.84 Å². The minimum absolute atomic E-state index is 0.408. The maximum atomic E-state index is 9.47. The van der Waals surface area contributed by atoms with Gasteiger partial charge in [-0.1, -0.05) is 297 Å². The van der Waals surface area contributed by atoms with Gasteiger partial charge in [0.05, 0.1) is 0 Å². The van der Waals surface area contributed by atoms with Crippen LogP contribution in [0.2, 0.25) is 0 Å². The van der Waals surface area contributed by atoms with Crippen molar-refractivity contribution in [3.05, 3.63) is 0 Å². The normalized spacial score (nSPS) is 11.9. The zero-order valence-corrected chi connectivity index (χ0v) is 40.1. The minimum Gasteiger partial charge on any atom is -0.396 e.